The number of halogens is 2. The smallest absolute Gasteiger partial charge is 0.326 e. The highest BCUT2D eigenvalue weighted by Crippen LogP contribution is 2.41. The summed E-state index contributed by atoms with van der Waals surface area (Å²) in [5, 5.41) is 25.7. The summed E-state index contributed by atoms with van der Waals surface area (Å²) in [6, 6.07) is 28.7. The van der Waals surface area contributed by atoms with Crippen LogP contribution < -0.4 is 25.8 Å². The van der Waals surface area contributed by atoms with Crippen LogP contribution in [-0.4, -0.2) is 52.7 Å². The number of carboxylic acid groups (broad SMARTS) is 1. The van der Waals surface area contributed by atoms with Crippen LogP contribution >= 0.6 is 34.5 Å². The topological polar surface area (TPSA) is 214 Å². The molecule has 18 heteroatoms. The number of benzene rings is 5. The summed E-state index contributed by atoms with van der Waals surface area (Å²) in [4.78, 5) is 44.4. The quantitative estimate of drug-likeness (QED) is 0.0946. The first-order valence-electron chi connectivity index (χ1n) is 19.3. The second-order valence-electron chi connectivity index (χ2n) is 14.9. The molecule has 3 heterocycles. The third-order valence-corrected chi connectivity index (χ3v) is 14.8. The van der Waals surface area contributed by atoms with Crippen molar-refractivity contribution in [2.24, 2.45) is 0 Å². The van der Waals surface area contributed by atoms with Crippen molar-refractivity contribution in [3.63, 3.8) is 0 Å². The van der Waals surface area contributed by atoms with Gasteiger partial charge in [-0.3, -0.25) is 9.59 Å². The van der Waals surface area contributed by atoms with Crippen LogP contribution in [0.3, 0.4) is 0 Å². The molecular weight excluding hydrogens is 888 g/mol. The van der Waals surface area contributed by atoms with Crippen LogP contribution in [0.25, 0.3) is 11.1 Å². The number of amides is 2. The maximum absolute atomic E-state index is 14.4. The predicted octanol–water partition coefficient (Wildman–Crippen LogP) is 7.46. The van der Waals surface area contributed by atoms with Crippen molar-refractivity contribution >= 4 is 73.2 Å². The van der Waals surface area contributed by atoms with Crippen molar-refractivity contribution in [1.82, 2.24) is 14.6 Å². The highest BCUT2D eigenvalue weighted by atomic mass is 35.5. The third kappa shape index (κ3) is 9.19. The number of carboxylic acids is 1. The Morgan fingerprint density at radius 1 is 1.00 bits per heavy atom. The van der Waals surface area contributed by atoms with E-state index in [-0.39, 0.29) is 46.8 Å². The van der Waals surface area contributed by atoms with E-state index in [9.17, 15) is 27.9 Å². The van der Waals surface area contributed by atoms with E-state index in [0.717, 1.165) is 32.3 Å². The van der Waals surface area contributed by atoms with E-state index in [2.05, 4.69) is 21.7 Å². The van der Waals surface area contributed by atoms with Gasteiger partial charge in [0.1, 0.15) is 30.2 Å². The van der Waals surface area contributed by atoms with Crippen molar-refractivity contribution in [3.8, 4) is 28.7 Å². The molecule has 6 aromatic rings. The fraction of sp³-hybridized carbons (Fsp3) is 0.178. The maximum Gasteiger partial charge on any atom is 0.326 e. The first kappa shape index (κ1) is 43.2. The van der Waals surface area contributed by atoms with E-state index in [0.29, 0.717) is 49.3 Å². The maximum atomic E-state index is 14.4. The molecule has 0 bridgehead atoms. The number of sulfonamides is 1. The number of aryl methyl sites for hydroxylation is 1. The van der Waals surface area contributed by atoms with Gasteiger partial charge >= 0.3 is 5.97 Å². The Morgan fingerprint density at radius 3 is 2.32 bits per heavy atom. The van der Waals surface area contributed by atoms with Crippen molar-refractivity contribution < 1.29 is 37.4 Å². The molecule has 1 aromatic heterocycles. The predicted molar refractivity (Wildman–Crippen MR) is 237 cm³/mol. The molecule has 0 saturated heterocycles. The summed E-state index contributed by atoms with van der Waals surface area (Å²) >= 11 is 12.9. The van der Waals surface area contributed by atoms with E-state index < -0.39 is 46.0 Å². The zero-order valence-corrected chi connectivity index (χ0v) is 36.3. The number of hydrogen-bond acceptors (Lipinski definition) is 11. The molecule has 0 radical (unpaired) electrons. The van der Waals surface area contributed by atoms with Gasteiger partial charge in [0.2, 0.25) is 12.0 Å². The lowest BCUT2D eigenvalue weighted by atomic mass is 9.93. The average molecular weight is 924 g/mol. The van der Waals surface area contributed by atoms with E-state index >= 15 is 0 Å². The van der Waals surface area contributed by atoms with Gasteiger partial charge in [0.15, 0.2) is 9.34 Å². The summed E-state index contributed by atoms with van der Waals surface area (Å²) in [6.07, 6.45) is -1.30. The van der Waals surface area contributed by atoms with Crippen LogP contribution in [0.5, 0.6) is 11.5 Å². The molecule has 8 rings (SSSR count). The van der Waals surface area contributed by atoms with Gasteiger partial charge in [-0.25, -0.2) is 18.2 Å². The largest absolute Gasteiger partial charge is 0.489 e. The lowest BCUT2D eigenvalue weighted by Crippen LogP contribution is -2.55. The summed E-state index contributed by atoms with van der Waals surface area (Å²) in [7, 11) is -4.43. The molecule has 3 atom stereocenters. The molecule has 2 aliphatic heterocycles. The minimum atomic E-state index is -4.43. The number of ether oxygens (including phenoxy) is 2. The Labute approximate surface area is 375 Å². The molecule has 5 N–H and O–H groups in total. The van der Waals surface area contributed by atoms with Gasteiger partial charge in [-0.1, -0.05) is 89.1 Å². The molecule has 5 aromatic carbocycles. The molecule has 14 nitrogen and oxygen atoms in total. The third-order valence-electron chi connectivity index (χ3n) is 10.7. The van der Waals surface area contributed by atoms with Gasteiger partial charge in [-0.15, -0.1) is 0 Å². The molecule has 0 spiro atoms. The van der Waals surface area contributed by atoms with Crippen molar-refractivity contribution in [2.45, 2.75) is 55.3 Å². The number of nitrogens with one attached hydrogen (secondary N) is 2. The van der Waals surface area contributed by atoms with E-state index in [1.54, 1.807) is 78.9 Å². The molecule has 0 aliphatic carbocycles. The summed E-state index contributed by atoms with van der Waals surface area (Å²) < 4.78 is 41.8. The number of aliphatic carboxylic acids is 1. The number of hydrogen-bond donors (Lipinski definition) is 4. The normalized spacial score (nSPS) is 16.4. The number of thiazole rings is 1. The Hall–Kier alpha value is -6.48. The van der Waals surface area contributed by atoms with Gasteiger partial charge in [0.25, 0.3) is 15.9 Å². The van der Waals surface area contributed by atoms with E-state index in [1.165, 1.54) is 6.92 Å². The number of aromatic nitrogens is 1. The van der Waals surface area contributed by atoms with Gasteiger partial charge in [-0.2, -0.15) is 9.57 Å². The minimum absolute atomic E-state index is 0.0240. The second kappa shape index (κ2) is 17.7. The Balaban J connectivity index is 1.02. The van der Waals surface area contributed by atoms with Crippen molar-refractivity contribution in [3.05, 3.63) is 152 Å². The molecule has 2 aliphatic rings. The SMILES string of the molecule is Cc1nc(N)sc1S(=O)(=O)N1Cc2cc3c(cc2C[C@H]1C(=O)NC(Cc1ccc(-c2ccc(C#N)cc2)cc1)C(=O)O)NC(=O)[C@H](c1ccc(OCc2ccc(Cl)c(Cl)c2)cc1)O3. The Morgan fingerprint density at radius 2 is 1.68 bits per heavy atom. The number of rotatable bonds is 12. The standard InChI is InChI=1S/C45H36Cl2N6O8S2/c1-24-44(62-45(49)50-24)63(58,59)53-22-32-20-39-36(51-42(55)40(61-39)30-11-13-33(14-12-30)60-23-27-6-15-34(46)35(47)16-27)18-31(32)19-38(53)41(54)52-37(43(56)57)17-25-2-7-28(8-3-25)29-9-4-26(21-48)5-10-29/h2-16,18,20,37-38,40H,17,19,22-23H2,1H3,(H2,49,50)(H,51,55)(H,52,54)(H,56,57)/t37?,38-,40-/m0/s1. The molecule has 320 valence electrons. The Kier molecular flexibility index (Phi) is 12.1. The second-order valence-corrected chi connectivity index (χ2v) is 18.8. The van der Waals surface area contributed by atoms with Crippen LogP contribution in [0.1, 0.15) is 45.2 Å². The molecule has 0 fully saturated rings. The number of nitrogen functional groups attached to an aromatic ring is 1. The number of carbonyl (C=O) groups is 3. The van der Waals surface area contributed by atoms with Crippen molar-refractivity contribution in [2.75, 3.05) is 11.1 Å². The highest BCUT2D eigenvalue weighted by molar-refractivity contribution is 7.91. The number of nitrogens with zero attached hydrogens (tertiary/aromatic N) is 3. The lowest BCUT2D eigenvalue weighted by molar-refractivity contribution is -0.142. The minimum Gasteiger partial charge on any atom is -0.489 e. The summed E-state index contributed by atoms with van der Waals surface area (Å²) in [5.41, 5.74) is 11.6. The zero-order chi connectivity index (χ0) is 44.6. The number of anilines is 2. The zero-order valence-electron chi connectivity index (χ0n) is 33.2. The molecule has 2 amide bonds. The van der Waals surface area contributed by atoms with Crippen LogP contribution in [0.4, 0.5) is 10.8 Å². The summed E-state index contributed by atoms with van der Waals surface area (Å²) in [5.74, 6) is -1.77. The fourth-order valence-electron chi connectivity index (χ4n) is 7.42. The van der Waals surface area contributed by atoms with Gasteiger partial charge in [0.05, 0.1) is 33.1 Å². The molecule has 0 saturated carbocycles. The first-order chi connectivity index (χ1) is 30.2. The van der Waals surface area contributed by atoms with E-state index in [4.69, 9.17) is 43.7 Å². The summed E-state index contributed by atoms with van der Waals surface area (Å²) in [6.45, 7) is 1.45. The van der Waals surface area contributed by atoms with Crippen molar-refractivity contribution in [1.29, 1.82) is 5.26 Å². The molecular formula is C45H36Cl2N6O8S2. The van der Waals surface area contributed by atoms with Gasteiger partial charge in [-0.05, 0) is 95.3 Å². The lowest BCUT2D eigenvalue weighted by Gasteiger charge is -2.36. The van der Waals surface area contributed by atoms with Crippen LogP contribution in [-0.2, 0) is 50.4 Å². The monoisotopic (exact) mass is 922 g/mol. The number of nitriles is 1. The molecule has 63 heavy (non-hydrogen) atoms. The number of fused-ring (bicyclic) bond motifs is 2. The average Bonchev–Trinajstić information content (AvgIpc) is 3.63. The van der Waals surface area contributed by atoms with Crippen LogP contribution in [0, 0.1) is 18.3 Å². The highest BCUT2D eigenvalue weighted by Gasteiger charge is 2.43. The van der Waals surface area contributed by atoms with Crippen LogP contribution in [0.2, 0.25) is 10.0 Å². The van der Waals surface area contributed by atoms with Gasteiger partial charge in [0, 0.05) is 18.5 Å². The number of nitrogens with two attached hydrogens (primary N) is 1. The Bertz CT molecular complexity index is 2920. The van der Waals surface area contributed by atoms with Gasteiger partial charge < -0.3 is 30.9 Å². The van der Waals surface area contributed by atoms with Crippen LogP contribution in [0.15, 0.2) is 107 Å². The fourth-order valence-corrected chi connectivity index (χ4v) is 10.7. The first-order valence-corrected chi connectivity index (χ1v) is 22.4. The van der Waals surface area contributed by atoms with E-state index in [1.807, 2.05) is 24.3 Å². The number of carbonyl (C=O) groups excluding carboxylic acids is 2. The molecule has 1 unspecified atom stereocenters.